The number of allylic oxidation sites excluding steroid dienone is 2. The SMILES string of the molecule is CCC[C@@H](O)COc1ccc(Cl)c(-c2nc(C(C(=O)CC)=C(C)N)c(C)c(N3Cc4cnc(OCC)nc4C3)n2)c1. The van der Waals surface area contributed by atoms with E-state index in [9.17, 15) is 9.90 Å². The molecule has 3 N–H and O–H groups in total. The number of aromatic nitrogens is 4. The van der Waals surface area contributed by atoms with E-state index in [-0.39, 0.29) is 18.8 Å². The molecule has 0 spiro atoms. The monoisotopic (exact) mass is 580 g/mol. The minimum Gasteiger partial charge on any atom is -0.491 e. The van der Waals surface area contributed by atoms with Gasteiger partial charge in [0.05, 0.1) is 41.2 Å². The molecule has 4 rings (SSSR count). The number of Topliss-reactive ketones (excluding diaryl/α,β-unsaturated/α-hetero) is 1. The van der Waals surface area contributed by atoms with Crippen molar-refractivity contribution in [2.75, 3.05) is 18.1 Å². The van der Waals surface area contributed by atoms with Crippen molar-refractivity contribution >= 4 is 28.8 Å². The van der Waals surface area contributed by atoms with Crippen molar-refractivity contribution in [3.05, 3.63) is 57.6 Å². The Balaban J connectivity index is 1.82. The van der Waals surface area contributed by atoms with Crippen molar-refractivity contribution in [1.82, 2.24) is 19.9 Å². The molecular weight excluding hydrogens is 544 g/mol. The van der Waals surface area contributed by atoms with E-state index in [4.69, 9.17) is 36.8 Å². The Morgan fingerprint density at radius 2 is 1.95 bits per heavy atom. The summed E-state index contributed by atoms with van der Waals surface area (Å²) in [5.41, 5.74) is 10.5. The highest BCUT2D eigenvalue weighted by atomic mass is 35.5. The second-order valence-corrected chi connectivity index (χ2v) is 10.4. The van der Waals surface area contributed by atoms with Gasteiger partial charge < -0.3 is 25.2 Å². The quantitative estimate of drug-likeness (QED) is 0.281. The molecule has 2 aromatic heterocycles. The maximum absolute atomic E-state index is 13.1. The Morgan fingerprint density at radius 1 is 1.17 bits per heavy atom. The summed E-state index contributed by atoms with van der Waals surface area (Å²) in [5, 5.41) is 10.6. The molecule has 11 heteroatoms. The van der Waals surface area contributed by atoms with Crippen LogP contribution in [0.4, 0.5) is 5.82 Å². The first-order valence-corrected chi connectivity index (χ1v) is 14.3. The summed E-state index contributed by atoms with van der Waals surface area (Å²) in [6.07, 6.45) is 2.96. The molecule has 1 aliphatic heterocycles. The smallest absolute Gasteiger partial charge is 0.316 e. The van der Waals surface area contributed by atoms with Gasteiger partial charge >= 0.3 is 6.01 Å². The van der Waals surface area contributed by atoms with Crippen molar-refractivity contribution in [3.63, 3.8) is 0 Å². The van der Waals surface area contributed by atoms with Gasteiger partial charge in [-0.1, -0.05) is 31.9 Å². The number of benzene rings is 1. The lowest BCUT2D eigenvalue weighted by Gasteiger charge is -2.22. The molecule has 1 aromatic carbocycles. The molecule has 3 heterocycles. The molecule has 41 heavy (non-hydrogen) atoms. The number of hydrogen-bond donors (Lipinski definition) is 2. The highest BCUT2D eigenvalue weighted by molar-refractivity contribution is 6.33. The highest BCUT2D eigenvalue weighted by Gasteiger charge is 2.28. The largest absolute Gasteiger partial charge is 0.491 e. The maximum Gasteiger partial charge on any atom is 0.316 e. The number of nitrogens with zero attached hydrogens (tertiary/aromatic N) is 5. The van der Waals surface area contributed by atoms with Gasteiger partial charge in [-0.05, 0) is 45.4 Å². The third-order valence-electron chi connectivity index (χ3n) is 6.80. The van der Waals surface area contributed by atoms with Crippen LogP contribution in [0.1, 0.15) is 69.5 Å². The Hall–Kier alpha value is -3.76. The van der Waals surface area contributed by atoms with Crippen LogP contribution in [-0.4, -0.2) is 50.1 Å². The molecule has 1 aliphatic rings. The van der Waals surface area contributed by atoms with E-state index < -0.39 is 6.10 Å². The minimum atomic E-state index is -0.573. The van der Waals surface area contributed by atoms with Crippen LogP contribution in [0.15, 0.2) is 30.1 Å². The van der Waals surface area contributed by atoms with Gasteiger partial charge in [-0.25, -0.2) is 15.0 Å². The van der Waals surface area contributed by atoms with Gasteiger partial charge in [0.15, 0.2) is 11.6 Å². The van der Waals surface area contributed by atoms with Gasteiger partial charge in [0.25, 0.3) is 0 Å². The fourth-order valence-corrected chi connectivity index (χ4v) is 4.95. The number of halogens is 1. The van der Waals surface area contributed by atoms with Gasteiger partial charge in [-0.2, -0.15) is 4.98 Å². The number of carbonyl (C=O) groups is 1. The van der Waals surface area contributed by atoms with E-state index in [1.54, 1.807) is 38.2 Å². The summed E-state index contributed by atoms with van der Waals surface area (Å²) < 4.78 is 11.3. The predicted molar refractivity (Wildman–Crippen MR) is 159 cm³/mol. The topological polar surface area (TPSA) is 137 Å². The van der Waals surface area contributed by atoms with E-state index in [2.05, 4.69) is 14.9 Å². The molecule has 0 bridgehead atoms. The number of ether oxygens (including phenoxy) is 2. The van der Waals surface area contributed by atoms with E-state index in [1.807, 2.05) is 20.8 Å². The Labute approximate surface area is 245 Å². The fourth-order valence-electron chi connectivity index (χ4n) is 4.75. The van der Waals surface area contributed by atoms with Crippen molar-refractivity contribution in [2.45, 2.75) is 73.1 Å². The van der Waals surface area contributed by atoms with Gasteiger partial charge in [0, 0.05) is 41.5 Å². The van der Waals surface area contributed by atoms with Crippen LogP contribution < -0.4 is 20.1 Å². The number of aliphatic hydroxyl groups excluding tert-OH is 1. The highest BCUT2D eigenvalue weighted by Crippen LogP contribution is 2.37. The number of aliphatic hydroxyl groups is 1. The standard InChI is InChI=1S/C30H37ClN6O4/c1-6-9-20(38)16-41-21-10-11-23(31)22(12-21)28-35-27(26(18(5)32)25(39)7-2)17(4)29(36-28)37-14-19-13-33-30(40-8-3)34-24(19)15-37/h10-13,20,38H,6-9,14-16,32H2,1-5H3/t20-/m1/s1. The zero-order valence-corrected chi connectivity index (χ0v) is 25.0. The van der Waals surface area contributed by atoms with Gasteiger partial charge in [0.1, 0.15) is 18.2 Å². The number of anilines is 1. The van der Waals surface area contributed by atoms with Gasteiger partial charge in [0.2, 0.25) is 0 Å². The summed E-state index contributed by atoms with van der Waals surface area (Å²) in [6.45, 7) is 10.9. The number of ketones is 1. The number of hydrogen-bond acceptors (Lipinski definition) is 10. The van der Waals surface area contributed by atoms with Crippen LogP contribution in [-0.2, 0) is 17.9 Å². The number of fused-ring (bicyclic) bond motifs is 1. The molecule has 0 unspecified atom stereocenters. The lowest BCUT2D eigenvalue weighted by atomic mass is 9.99. The van der Waals surface area contributed by atoms with Crippen LogP contribution in [0.5, 0.6) is 11.8 Å². The second-order valence-electron chi connectivity index (χ2n) is 9.99. The third-order valence-corrected chi connectivity index (χ3v) is 7.13. The van der Waals surface area contributed by atoms with Crippen molar-refractivity contribution in [1.29, 1.82) is 0 Å². The molecule has 0 amide bonds. The molecule has 0 saturated heterocycles. The second kappa shape index (κ2) is 13.3. The zero-order chi connectivity index (χ0) is 29.7. The van der Waals surface area contributed by atoms with Crippen molar-refractivity contribution in [2.24, 2.45) is 5.73 Å². The van der Waals surface area contributed by atoms with E-state index in [0.29, 0.717) is 82.6 Å². The first-order chi connectivity index (χ1) is 19.7. The third kappa shape index (κ3) is 6.77. The van der Waals surface area contributed by atoms with Gasteiger partial charge in [-0.3, -0.25) is 4.79 Å². The molecule has 218 valence electrons. The van der Waals surface area contributed by atoms with Crippen LogP contribution in [0.25, 0.3) is 17.0 Å². The summed E-state index contributed by atoms with van der Waals surface area (Å²) in [4.78, 5) is 33.8. The summed E-state index contributed by atoms with van der Waals surface area (Å²) in [6, 6.07) is 5.53. The normalized spacial score (nSPS) is 14.0. The summed E-state index contributed by atoms with van der Waals surface area (Å²) in [7, 11) is 0. The molecule has 3 aromatic rings. The Morgan fingerprint density at radius 3 is 2.63 bits per heavy atom. The first-order valence-electron chi connectivity index (χ1n) is 13.9. The van der Waals surface area contributed by atoms with Crippen LogP contribution in [0.3, 0.4) is 0 Å². The molecule has 10 nitrogen and oxygen atoms in total. The zero-order valence-electron chi connectivity index (χ0n) is 24.2. The number of rotatable bonds is 12. The molecule has 0 radical (unpaired) electrons. The Kier molecular flexibility index (Phi) is 9.77. The van der Waals surface area contributed by atoms with Crippen LogP contribution in [0.2, 0.25) is 5.02 Å². The molecule has 1 atom stereocenters. The van der Waals surface area contributed by atoms with Crippen molar-refractivity contribution < 1.29 is 19.4 Å². The molecule has 0 fully saturated rings. The lowest BCUT2D eigenvalue weighted by Crippen LogP contribution is -2.21. The maximum atomic E-state index is 13.1. The van der Waals surface area contributed by atoms with Crippen LogP contribution in [0, 0.1) is 6.92 Å². The van der Waals surface area contributed by atoms with Crippen molar-refractivity contribution in [3.8, 4) is 23.1 Å². The minimum absolute atomic E-state index is 0.117. The van der Waals surface area contributed by atoms with E-state index in [1.165, 1.54) is 0 Å². The molecular formula is C30H37ClN6O4. The molecule has 0 saturated carbocycles. The van der Waals surface area contributed by atoms with E-state index in [0.717, 1.165) is 17.7 Å². The number of nitrogens with two attached hydrogens (primary N) is 1. The average molecular weight is 581 g/mol. The lowest BCUT2D eigenvalue weighted by molar-refractivity contribution is -0.113. The first kappa shape index (κ1) is 30.2. The van der Waals surface area contributed by atoms with Gasteiger partial charge in [-0.15, -0.1) is 0 Å². The van der Waals surface area contributed by atoms with E-state index >= 15 is 0 Å². The number of carbonyl (C=O) groups excluding carboxylic acids is 1. The summed E-state index contributed by atoms with van der Waals surface area (Å²) >= 11 is 6.67. The molecule has 0 aliphatic carbocycles. The Bertz CT molecular complexity index is 1460. The summed E-state index contributed by atoms with van der Waals surface area (Å²) in [5.74, 6) is 1.36. The average Bonchev–Trinajstić information content (AvgIpc) is 3.37. The fraction of sp³-hybridized carbons (Fsp3) is 0.433. The van der Waals surface area contributed by atoms with Crippen LogP contribution >= 0.6 is 11.6 Å². The predicted octanol–water partition coefficient (Wildman–Crippen LogP) is 5.02.